The molecule has 1 saturated carbocycles. The summed E-state index contributed by atoms with van der Waals surface area (Å²) in [5, 5.41) is 10.3. The van der Waals surface area contributed by atoms with E-state index in [-0.39, 0.29) is 12.1 Å². The highest BCUT2D eigenvalue weighted by molar-refractivity contribution is 5.68. The largest absolute Gasteiger partial charge is 0.444 e. The zero-order chi connectivity index (χ0) is 21.0. The molecule has 8 heteroatoms. The molecular formula is C21H32N6O2. The van der Waals surface area contributed by atoms with Crippen LogP contribution in [0.2, 0.25) is 0 Å². The minimum atomic E-state index is -0.465. The molecule has 29 heavy (non-hydrogen) atoms. The highest BCUT2D eigenvalue weighted by Crippen LogP contribution is 2.30. The van der Waals surface area contributed by atoms with Crippen molar-refractivity contribution in [3.05, 3.63) is 29.8 Å². The van der Waals surface area contributed by atoms with Crippen molar-refractivity contribution in [3.8, 4) is 0 Å². The van der Waals surface area contributed by atoms with Gasteiger partial charge in [-0.25, -0.2) is 14.8 Å². The predicted molar refractivity (Wildman–Crippen MR) is 112 cm³/mol. The van der Waals surface area contributed by atoms with Crippen molar-refractivity contribution in [1.29, 1.82) is 0 Å². The molecule has 0 bridgehead atoms. The number of amides is 1. The van der Waals surface area contributed by atoms with Crippen LogP contribution >= 0.6 is 0 Å². The molecule has 0 aliphatic heterocycles. The Labute approximate surface area is 172 Å². The molecule has 2 N–H and O–H groups in total. The lowest BCUT2D eigenvalue weighted by atomic mass is 9.83. The molecule has 158 valence electrons. The second kappa shape index (κ2) is 8.80. The van der Waals surface area contributed by atoms with Crippen molar-refractivity contribution in [2.75, 3.05) is 12.4 Å². The maximum atomic E-state index is 12.3. The Morgan fingerprint density at radius 3 is 2.62 bits per heavy atom. The van der Waals surface area contributed by atoms with Gasteiger partial charge in [0.2, 0.25) is 0 Å². The Morgan fingerprint density at radius 1 is 1.28 bits per heavy atom. The van der Waals surface area contributed by atoms with E-state index >= 15 is 0 Å². The molecule has 0 spiro atoms. The van der Waals surface area contributed by atoms with Gasteiger partial charge in [0.25, 0.3) is 0 Å². The fourth-order valence-electron chi connectivity index (χ4n) is 3.66. The van der Waals surface area contributed by atoms with Crippen LogP contribution in [0, 0.1) is 12.8 Å². The number of nitrogens with one attached hydrogen (secondary N) is 2. The van der Waals surface area contributed by atoms with Gasteiger partial charge < -0.3 is 15.0 Å². The summed E-state index contributed by atoms with van der Waals surface area (Å²) in [5.74, 6) is 2.87. The topological polar surface area (TPSA) is 96.0 Å². The summed E-state index contributed by atoms with van der Waals surface area (Å²) in [7, 11) is 1.84. The minimum absolute atomic E-state index is 0.234. The van der Waals surface area contributed by atoms with Gasteiger partial charge in [0, 0.05) is 37.5 Å². The van der Waals surface area contributed by atoms with Crippen molar-refractivity contribution in [1.82, 2.24) is 25.1 Å². The van der Waals surface area contributed by atoms with Gasteiger partial charge in [-0.05, 0) is 65.4 Å². The number of H-pyrrole nitrogens is 1. The van der Waals surface area contributed by atoms with Crippen LogP contribution in [0.3, 0.4) is 0 Å². The smallest absolute Gasteiger partial charge is 0.410 e. The summed E-state index contributed by atoms with van der Waals surface area (Å²) in [4.78, 5) is 23.1. The number of aromatic amines is 1. The Kier molecular flexibility index (Phi) is 6.39. The average Bonchev–Trinajstić information content (AvgIpc) is 3.05. The monoisotopic (exact) mass is 400 g/mol. The molecule has 1 aliphatic rings. The number of aryl methyl sites for hydroxylation is 1. The summed E-state index contributed by atoms with van der Waals surface area (Å²) < 4.78 is 5.49. The Balaban J connectivity index is 1.50. The lowest BCUT2D eigenvalue weighted by molar-refractivity contribution is 0.0172. The van der Waals surface area contributed by atoms with E-state index in [4.69, 9.17) is 4.74 Å². The van der Waals surface area contributed by atoms with Crippen LogP contribution in [0.15, 0.2) is 18.3 Å². The van der Waals surface area contributed by atoms with Crippen molar-refractivity contribution in [2.45, 2.75) is 71.4 Å². The van der Waals surface area contributed by atoms with Crippen LogP contribution in [-0.2, 0) is 11.2 Å². The lowest BCUT2D eigenvalue weighted by Crippen LogP contribution is -2.42. The molecule has 0 unspecified atom stereocenters. The number of hydrogen-bond donors (Lipinski definition) is 2. The Hall–Kier alpha value is -2.64. The lowest BCUT2D eigenvalue weighted by Gasteiger charge is -2.35. The van der Waals surface area contributed by atoms with Crippen LogP contribution in [0.25, 0.3) is 0 Å². The highest BCUT2D eigenvalue weighted by atomic mass is 16.6. The summed E-state index contributed by atoms with van der Waals surface area (Å²) in [5.41, 5.74) is 0.531. The first-order valence-electron chi connectivity index (χ1n) is 10.3. The van der Waals surface area contributed by atoms with Crippen LogP contribution in [0.4, 0.5) is 16.4 Å². The molecule has 8 nitrogen and oxygen atoms in total. The molecule has 2 aromatic heterocycles. The van der Waals surface area contributed by atoms with E-state index in [2.05, 4.69) is 25.5 Å². The summed E-state index contributed by atoms with van der Waals surface area (Å²) in [6.45, 7) is 7.64. The highest BCUT2D eigenvalue weighted by Gasteiger charge is 2.29. The first-order chi connectivity index (χ1) is 13.7. The first-order valence-corrected chi connectivity index (χ1v) is 10.3. The van der Waals surface area contributed by atoms with Gasteiger partial charge in [-0.15, -0.1) is 0 Å². The van der Waals surface area contributed by atoms with Gasteiger partial charge in [0.1, 0.15) is 17.2 Å². The number of hydrogen-bond acceptors (Lipinski definition) is 6. The van der Waals surface area contributed by atoms with Gasteiger partial charge in [0.15, 0.2) is 5.82 Å². The van der Waals surface area contributed by atoms with Gasteiger partial charge in [-0.1, -0.05) is 0 Å². The van der Waals surface area contributed by atoms with Gasteiger partial charge in [-0.3, -0.25) is 5.10 Å². The fraction of sp³-hybridized carbons (Fsp3) is 0.619. The molecule has 1 aliphatic carbocycles. The normalized spacial score (nSPS) is 19.6. The maximum absolute atomic E-state index is 12.3. The van der Waals surface area contributed by atoms with E-state index in [1.54, 1.807) is 11.1 Å². The molecule has 0 radical (unpaired) electrons. The van der Waals surface area contributed by atoms with Crippen LogP contribution in [0.5, 0.6) is 0 Å². The average molecular weight is 401 g/mol. The number of ether oxygens (including phenoxy) is 1. The SMILES string of the molecule is Cc1cc(Nc2ccnc(CC3CCC(N(C)C(=O)OC(C)(C)C)CC3)n2)n[nH]1. The predicted octanol–water partition coefficient (Wildman–Crippen LogP) is 4.22. The second-order valence-corrected chi connectivity index (χ2v) is 8.89. The molecule has 3 rings (SSSR count). The Morgan fingerprint density at radius 2 is 2.00 bits per heavy atom. The van der Waals surface area contributed by atoms with Crippen molar-refractivity contribution >= 4 is 17.7 Å². The van der Waals surface area contributed by atoms with Crippen molar-refractivity contribution in [2.24, 2.45) is 5.92 Å². The third kappa shape index (κ3) is 6.17. The molecule has 0 aromatic carbocycles. The van der Waals surface area contributed by atoms with Crippen LogP contribution in [-0.4, -0.2) is 49.8 Å². The van der Waals surface area contributed by atoms with E-state index < -0.39 is 5.60 Å². The maximum Gasteiger partial charge on any atom is 0.410 e. The minimum Gasteiger partial charge on any atom is -0.444 e. The second-order valence-electron chi connectivity index (χ2n) is 8.89. The molecule has 1 amide bonds. The molecule has 1 fully saturated rings. The molecule has 2 aromatic rings. The van der Waals surface area contributed by atoms with E-state index in [0.717, 1.165) is 55.3 Å². The first kappa shape index (κ1) is 21.1. The van der Waals surface area contributed by atoms with Crippen LogP contribution in [0.1, 0.15) is 58.0 Å². The third-order valence-corrected chi connectivity index (χ3v) is 5.18. The number of aromatic nitrogens is 4. The number of nitrogens with zero attached hydrogens (tertiary/aromatic N) is 4. The molecule has 0 saturated heterocycles. The van der Waals surface area contributed by atoms with E-state index in [1.165, 1.54) is 0 Å². The standard InChI is InChI=1S/C21H32N6O2/c1-14-12-19(26-25-14)24-17-10-11-22-18(23-17)13-15-6-8-16(9-7-15)27(5)20(28)29-21(2,3)4/h10-12,15-16H,6-9,13H2,1-5H3,(H2,22,23,24,25,26). The van der Waals surface area contributed by atoms with Gasteiger partial charge >= 0.3 is 6.09 Å². The van der Waals surface area contributed by atoms with E-state index in [9.17, 15) is 4.79 Å². The molecule has 0 atom stereocenters. The van der Waals surface area contributed by atoms with Gasteiger partial charge in [-0.2, -0.15) is 5.10 Å². The number of carbonyl (C=O) groups excluding carboxylic acids is 1. The summed E-state index contributed by atoms with van der Waals surface area (Å²) in [6.07, 6.45) is 6.45. The zero-order valence-corrected chi connectivity index (χ0v) is 18.0. The quantitative estimate of drug-likeness (QED) is 0.780. The zero-order valence-electron chi connectivity index (χ0n) is 18.0. The van der Waals surface area contributed by atoms with E-state index in [1.807, 2.05) is 46.9 Å². The fourth-order valence-corrected chi connectivity index (χ4v) is 3.66. The molecule has 2 heterocycles. The summed E-state index contributed by atoms with van der Waals surface area (Å²) in [6, 6.07) is 4.02. The van der Waals surface area contributed by atoms with Crippen LogP contribution < -0.4 is 5.32 Å². The van der Waals surface area contributed by atoms with Crippen molar-refractivity contribution < 1.29 is 9.53 Å². The number of carbonyl (C=O) groups is 1. The Bertz CT molecular complexity index is 821. The number of anilines is 2. The van der Waals surface area contributed by atoms with E-state index in [0.29, 0.717) is 5.92 Å². The third-order valence-electron chi connectivity index (χ3n) is 5.18. The molecular weight excluding hydrogens is 368 g/mol. The van der Waals surface area contributed by atoms with Crippen molar-refractivity contribution in [3.63, 3.8) is 0 Å². The number of rotatable bonds is 5. The van der Waals surface area contributed by atoms with Gasteiger partial charge in [0.05, 0.1) is 0 Å². The summed E-state index contributed by atoms with van der Waals surface area (Å²) >= 11 is 0.